The molecule has 0 aliphatic rings. The van der Waals surface area contributed by atoms with E-state index in [2.05, 4.69) is 5.32 Å². The third-order valence-corrected chi connectivity index (χ3v) is 4.47. The Kier molecular flexibility index (Phi) is 5.75. The third kappa shape index (κ3) is 4.75. The normalized spacial score (nSPS) is 11.3. The van der Waals surface area contributed by atoms with Crippen LogP contribution in [0.3, 0.4) is 0 Å². The summed E-state index contributed by atoms with van der Waals surface area (Å²) in [5, 5.41) is 9.18. The van der Waals surface area contributed by atoms with Gasteiger partial charge in [-0.1, -0.05) is 23.2 Å². The molecule has 0 saturated heterocycles. The van der Waals surface area contributed by atoms with Crippen molar-refractivity contribution in [2.45, 2.75) is 18.4 Å². The van der Waals surface area contributed by atoms with Crippen molar-refractivity contribution >= 4 is 38.9 Å². The monoisotopic (exact) mass is 374 g/mol. The highest BCUT2D eigenvalue weighted by Gasteiger charge is 2.11. The Labute approximate surface area is 145 Å². The molecule has 0 bridgehead atoms. The summed E-state index contributed by atoms with van der Waals surface area (Å²) >= 11 is 12.2. The van der Waals surface area contributed by atoms with E-state index in [9.17, 15) is 8.42 Å². The Morgan fingerprint density at radius 3 is 2.39 bits per heavy atom. The van der Waals surface area contributed by atoms with Crippen LogP contribution in [0.15, 0.2) is 41.3 Å². The van der Waals surface area contributed by atoms with E-state index in [1.165, 1.54) is 12.1 Å². The lowest BCUT2D eigenvalue weighted by Gasteiger charge is -2.14. The van der Waals surface area contributed by atoms with Crippen LogP contribution in [0.4, 0.5) is 5.69 Å². The van der Waals surface area contributed by atoms with Gasteiger partial charge in [-0.05, 0) is 43.3 Å². The Hall–Kier alpha value is -1.47. The Morgan fingerprint density at radius 1 is 1.17 bits per heavy atom. The number of anilines is 1. The second kappa shape index (κ2) is 7.40. The Bertz CT molecular complexity index is 793. The molecule has 0 saturated carbocycles. The fraction of sp³-hybridized carbons (Fsp3) is 0.200. The Balaban J connectivity index is 2.17. The van der Waals surface area contributed by atoms with Crippen LogP contribution >= 0.6 is 23.2 Å². The van der Waals surface area contributed by atoms with E-state index in [4.69, 9.17) is 33.1 Å². The maximum absolute atomic E-state index is 11.2. The molecular weight excluding hydrogens is 359 g/mol. The summed E-state index contributed by atoms with van der Waals surface area (Å²) in [6, 6.07) is 9.53. The van der Waals surface area contributed by atoms with Gasteiger partial charge < -0.3 is 10.1 Å². The van der Waals surface area contributed by atoms with Gasteiger partial charge in [-0.25, -0.2) is 13.6 Å². The molecule has 124 valence electrons. The molecule has 8 heteroatoms. The highest BCUT2D eigenvalue weighted by Crippen LogP contribution is 2.33. The first-order valence-electron chi connectivity index (χ1n) is 6.78. The van der Waals surface area contributed by atoms with Crippen LogP contribution in [0.5, 0.6) is 5.75 Å². The molecule has 0 aliphatic heterocycles. The van der Waals surface area contributed by atoms with E-state index < -0.39 is 10.0 Å². The molecule has 2 aromatic carbocycles. The predicted molar refractivity (Wildman–Crippen MR) is 92.8 cm³/mol. The SMILES string of the molecule is CCOc1c(Cl)cc(Cl)cc1CNc1ccc(S(N)(=O)=O)cc1. The number of nitrogens with one attached hydrogen (secondary N) is 1. The molecule has 2 rings (SSSR count). The number of benzene rings is 2. The van der Waals surface area contributed by atoms with Gasteiger partial charge in [-0.15, -0.1) is 0 Å². The fourth-order valence-corrected chi connectivity index (χ4v) is 3.12. The van der Waals surface area contributed by atoms with Crippen molar-refractivity contribution in [1.82, 2.24) is 0 Å². The molecule has 0 fully saturated rings. The van der Waals surface area contributed by atoms with Crippen LogP contribution in [-0.4, -0.2) is 15.0 Å². The molecular formula is C15H16Cl2N2O3S. The first-order valence-corrected chi connectivity index (χ1v) is 9.09. The second-order valence-electron chi connectivity index (χ2n) is 4.73. The average molecular weight is 375 g/mol. The summed E-state index contributed by atoms with van der Waals surface area (Å²) < 4.78 is 28.0. The number of ether oxygens (including phenoxy) is 1. The number of halogens is 2. The maximum atomic E-state index is 11.2. The van der Waals surface area contributed by atoms with E-state index in [-0.39, 0.29) is 4.90 Å². The summed E-state index contributed by atoms with van der Waals surface area (Å²) in [6.07, 6.45) is 0. The zero-order valence-electron chi connectivity index (χ0n) is 12.3. The molecule has 0 radical (unpaired) electrons. The molecule has 0 aromatic heterocycles. The Morgan fingerprint density at radius 2 is 1.83 bits per heavy atom. The van der Waals surface area contributed by atoms with Crippen LogP contribution < -0.4 is 15.2 Å². The van der Waals surface area contributed by atoms with E-state index in [0.717, 1.165) is 11.3 Å². The number of hydrogen-bond donors (Lipinski definition) is 2. The van der Waals surface area contributed by atoms with Crippen LogP contribution in [0.25, 0.3) is 0 Å². The zero-order valence-corrected chi connectivity index (χ0v) is 14.7. The number of nitrogens with two attached hydrogens (primary N) is 1. The standard InChI is InChI=1S/C15H16Cl2N2O3S/c1-2-22-15-10(7-11(16)8-14(15)17)9-19-12-3-5-13(6-4-12)23(18,20)21/h3-8,19H,2,9H2,1H3,(H2,18,20,21). The lowest BCUT2D eigenvalue weighted by molar-refractivity contribution is 0.337. The quantitative estimate of drug-likeness (QED) is 0.808. The maximum Gasteiger partial charge on any atom is 0.238 e. The summed E-state index contributed by atoms with van der Waals surface area (Å²) in [5.74, 6) is 0.576. The van der Waals surface area contributed by atoms with Crippen molar-refractivity contribution in [2.75, 3.05) is 11.9 Å². The highest BCUT2D eigenvalue weighted by molar-refractivity contribution is 7.89. The molecule has 23 heavy (non-hydrogen) atoms. The molecule has 5 nitrogen and oxygen atoms in total. The minimum absolute atomic E-state index is 0.0591. The molecule has 0 atom stereocenters. The second-order valence-corrected chi connectivity index (χ2v) is 7.14. The summed E-state index contributed by atoms with van der Waals surface area (Å²) in [7, 11) is -3.69. The van der Waals surface area contributed by atoms with Crippen LogP contribution in [0.2, 0.25) is 10.0 Å². The van der Waals surface area contributed by atoms with Gasteiger partial charge in [0.15, 0.2) is 0 Å². The van der Waals surface area contributed by atoms with Crippen molar-refractivity contribution < 1.29 is 13.2 Å². The molecule has 0 heterocycles. The van der Waals surface area contributed by atoms with Crippen molar-refractivity contribution in [3.05, 3.63) is 52.0 Å². The van der Waals surface area contributed by atoms with Crippen molar-refractivity contribution in [3.8, 4) is 5.75 Å². The summed E-state index contributed by atoms with van der Waals surface area (Å²) in [5.41, 5.74) is 1.54. The van der Waals surface area contributed by atoms with Gasteiger partial charge in [-0.3, -0.25) is 0 Å². The largest absolute Gasteiger partial charge is 0.492 e. The zero-order chi connectivity index (χ0) is 17.0. The minimum Gasteiger partial charge on any atom is -0.492 e. The third-order valence-electron chi connectivity index (χ3n) is 3.04. The van der Waals surface area contributed by atoms with Gasteiger partial charge in [0.1, 0.15) is 5.75 Å². The smallest absolute Gasteiger partial charge is 0.238 e. The molecule has 0 aliphatic carbocycles. The van der Waals surface area contributed by atoms with Gasteiger partial charge in [0, 0.05) is 22.8 Å². The fourth-order valence-electron chi connectivity index (χ4n) is 2.01. The molecule has 3 N–H and O–H groups in total. The topological polar surface area (TPSA) is 81.4 Å². The van der Waals surface area contributed by atoms with Gasteiger partial charge >= 0.3 is 0 Å². The molecule has 0 amide bonds. The lowest BCUT2D eigenvalue weighted by atomic mass is 10.2. The summed E-state index contributed by atoms with van der Waals surface area (Å²) in [6.45, 7) is 2.77. The van der Waals surface area contributed by atoms with Crippen molar-refractivity contribution in [1.29, 1.82) is 0 Å². The molecule has 2 aromatic rings. The van der Waals surface area contributed by atoms with Gasteiger partial charge in [0.2, 0.25) is 10.0 Å². The van der Waals surface area contributed by atoms with Crippen LogP contribution in [-0.2, 0) is 16.6 Å². The number of rotatable bonds is 6. The minimum atomic E-state index is -3.69. The van der Waals surface area contributed by atoms with E-state index >= 15 is 0 Å². The van der Waals surface area contributed by atoms with Gasteiger partial charge in [0.05, 0.1) is 16.5 Å². The van der Waals surface area contributed by atoms with Crippen molar-refractivity contribution in [3.63, 3.8) is 0 Å². The molecule has 0 spiro atoms. The molecule has 0 unspecified atom stereocenters. The van der Waals surface area contributed by atoms with Gasteiger partial charge in [-0.2, -0.15) is 0 Å². The number of sulfonamides is 1. The average Bonchev–Trinajstić information content (AvgIpc) is 2.47. The van der Waals surface area contributed by atoms with E-state index in [0.29, 0.717) is 28.9 Å². The first kappa shape index (κ1) is 17.9. The van der Waals surface area contributed by atoms with Crippen molar-refractivity contribution in [2.24, 2.45) is 5.14 Å². The van der Waals surface area contributed by atoms with Gasteiger partial charge in [0.25, 0.3) is 0 Å². The number of hydrogen-bond acceptors (Lipinski definition) is 4. The number of primary sulfonamides is 1. The lowest BCUT2D eigenvalue weighted by Crippen LogP contribution is -2.12. The summed E-state index contributed by atoms with van der Waals surface area (Å²) in [4.78, 5) is 0.0591. The first-order chi connectivity index (χ1) is 10.8. The van der Waals surface area contributed by atoms with E-state index in [1.807, 2.05) is 6.92 Å². The van der Waals surface area contributed by atoms with Crippen LogP contribution in [0.1, 0.15) is 12.5 Å². The van der Waals surface area contributed by atoms with E-state index in [1.54, 1.807) is 24.3 Å². The predicted octanol–water partition coefficient (Wildman–Crippen LogP) is 3.65. The van der Waals surface area contributed by atoms with Crippen LogP contribution in [0, 0.1) is 0 Å². The highest BCUT2D eigenvalue weighted by atomic mass is 35.5.